The summed E-state index contributed by atoms with van der Waals surface area (Å²) in [5, 5.41) is 2.92. The normalized spacial score (nSPS) is 11.2. The predicted octanol–water partition coefficient (Wildman–Crippen LogP) is 4.26. The summed E-state index contributed by atoms with van der Waals surface area (Å²) in [7, 11) is 0. The Kier molecular flexibility index (Phi) is 7.29. The van der Waals surface area contributed by atoms with Crippen LogP contribution >= 0.6 is 23.2 Å². The van der Waals surface area contributed by atoms with Gasteiger partial charge in [-0.2, -0.15) is 0 Å². The van der Waals surface area contributed by atoms with Crippen LogP contribution in [0.5, 0.6) is 0 Å². The molecule has 4 nitrogen and oxygen atoms in total. The van der Waals surface area contributed by atoms with Crippen molar-refractivity contribution in [2.75, 3.05) is 0 Å². The highest BCUT2D eigenvalue weighted by atomic mass is 35.5. The number of esters is 1. The molecule has 0 aliphatic rings. The third-order valence-electron chi connectivity index (χ3n) is 2.77. The molecule has 128 valence electrons. The molecule has 1 aromatic rings. The zero-order valence-corrected chi connectivity index (χ0v) is 14.9. The molecule has 1 aromatic carbocycles. The summed E-state index contributed by atoms with van der Waals surface area (Å²) >= 11 is 11.5. The number of halogens is 3. The van der Waals surface area contributed by atoms with Crippen molar-refractivity contribution in [2.24, 2.45) is 0 Å². The lowest BCUT2D eigenvalue weighted by atomic mass is 10.1. The molecule has 0 saturated heterocycles. The molecule has 0 radical (unpaired) electrons. The van der Waals surface area contributed by atoms with Gasteiger partial charge in [-0.3, -0.25) is 9.59 Å². The highest BCUT2D eigenvalue weighted by Gasteiger charge is 2.16. The fourth-order valence-corrected chi connectivity index (χ4v) is 2.10. The van der Waals surface area contributed by atoms with Gasteiger partial charge >= 0.3 is 5.97 Å². The van der Waals surface area contributed by atoms with E-state index in [2.05, 4.69) is 5.32 Å². The Morgan fingerprint density at radius 2 is 1.78 bits per heavy atom. The van der Waals surface area contributed by atoms with Crippen molar-refractivity contribution in [2.45, 2.75) is 52.2 Å². The summed E-state index contributed by atoms with van der Waals surface area (Å²) in [4.78, 5) is 23.2. The van der Waals surface area contributed by atoms with Gasteiger partial charge in [0.05, 0.1) is 10.0 Å². The van der Waals surface area contributed by atoms with E-state index in [1.165, 1.54) is 6.07 Å². The molecule has 1 N–H and O–H groups in total. The highest BCUT2D eigenvalue weighted by Crippen LogP contribution is 2.25. The molecule has 0 aliphatic heterocycles. The molecule has 0 bridgehead atoms. The SMILES string of the molecule is CC(C)(C)OC(=O)CCCC(=O)NCc1cc(Cl)c(Cl)cc1F. The molecule has 0 saturated carbocycles. The minimum atomic E-state index is -0.537. The van der Waals surface area contributed by atoms with E-state index in [0.29, 0.717) is 6.42 Å². The lowest BCUT2D eigenvalue weighted by molar-refractivity contribution is -0.154. The molecular weight excluding hydrogens is 344 g/mol. The first-order chi connectivity index (χ1) is 10.6. The van der Waals surface area contributed by atoms with E-state index in [-0.39, 0.29) is 46.9 Å². The van der Waals surface area contributed by atoms with Crippen LogP contribution in [0, 0.1) is 5.82 Å². The Balaban J connectivity index is 2.35. The lowest BCUT2D eigenvalue weighted by Crippen LogP contribution is -2.25. The van der Waals surface area contributed by atoms with Gasteiger partial charge in [0.15, 0.2) is 0 Å². The summed E-state index contributed by atoms with van der Waals surface area (Å²) in [6, 6.07) is 2.48. The number of hydrogen-bond donors (Lipinski definition) is 1. The summed E-state index contributed by atoms with van der Waals surface area (Å²) in [6.07, 6.45) is 0.679. The molecule has 0 heterocycles. The molecular formula is C16H20Cl2FNO3. The third-order valence-corrected chi connectivity index (χ3v) is 3.49. The van der Waals surface area contributed by atoms with Gasteiger partial charge in [-0.15, -0.1) is 0 Å². The van der Waals surface area contributed by atoms with Crippen LogP contribution in [0.15, 0.2) is 12.1 Å². The fraction of sp³-hybridized carbons (Fsp3) is 0.500. The minimum absolute atomic E-state index is 0.00793. The maximum Gasteiger partial charge on any atom is 0.306 e. The van der Waals surface area contributed by atoms with E-state index in [1.54, 1.807) is 20.8 Å². The molecule has 0 fully saturated rings. The Labute approximate surface area is 145 Å². The number of ether oxygens (including phenoxy) is 1. The van der Waals surface area contributed by atoms with Crippen LogP contribution in [0.4, 0.5) is 4.39 Å². The topological polar surface area (TPSA) is 55.4 Å². The summed E-state index contributed by atoms with van der Waals surface area (Å²) in [5.41, 5.74) is -0.287. The van der Waals surface area contributed by atoms with Gasteiger partial charge in [-0.05, 0) is 39.3 Å². The molecule has 0 atom stereocenters. The average molecular weight is 364 g/mol. The summed E-state index contributed by atoms with van der Waals surface area (Å²) < 4.78 is 18.8. The molecule has 1 amide bonds. The monoisotopic (exact) mass is 363 g/mol. The van der Waals surface area contributed by atoms with E-state index < -0.39 is 11.4 Å². The second-order valence-electron chi connectivity index (χ2n) is 6.07. The van der Waals surface area contributed by atoms with Gasteiger partial charge in [0.1, 0.15) is 11.4 Å². The van der Waals surface area contributed by atoms with E-state index in [1.807, 2.05) is 0 Å². The van der Waals surface area contributed by atoms with Crippen molar-refractivity contribution in [1.82, 2.24) is 5.32 Å². The van der Waals surface area contributed by atoms with Crippen molar-refractivity contribution >= 4 is 35.1 Å². The fourth-order valence-electron chi connectivity index (χ4n) is 1.77. The van der Waals surface area contributed by atoms with Crippen LogP contribution in [0.1, 0.15) is 45.6 Å². The van der Waals surface area contributed by atoms with Crippen molar-refractivity contribution in [1.29, 1.82) is 0 Å². The highest BCUT2D eigenvalue weighted by molar-refractivity contribution is 6.42. The largest absolute Gasteiger partial charge is 0.460 e. The number of carbonyl (C=O) groups is 2. The summed E-state index contributed by atoms with van der Waals surface area (Å²) in [5.74, 6) is -1.16. The second-order valence-corrected chi connectivity index (χ2v) is 6.89. The summed E-state index contributed by atoms with van der Waals surface area (Å²) in [6.45, 7) is 5.35. The third kappa shape index (κ3) is 7.66. The molecule has 0 unspecified atom stereocenters. The van der Waals surface area contributed by atoms with Crippen LogP contribution < -0.4 is 5.32 Å². The molecule has 7 heteroatoms. The smallest absolute Gasteiger partial charge is 0.306 e. The minimum Gasteiger partial charge on any atom is -0.460 e. The number of amides is 1. The van der Waals surface area contributed by atoms with Gasteiger partial charge < -0.3 is 10.1 Å². The number of hydrogen-bond acceptors (Lipinski definition) is 3. The zero-order valence-electron chi connectivity index (χ0n) is 13.3. The van der Waals surface area contributed by atoms with Crippen LogP contribution in [-0.4, -0.2) is 17.5 Å². The van der Waals surface area contributed by atoms with Crippen molar-refractivity contribution in [3.8, 4) is 0 Å². The predicted molar refractivity (Wildman–Crippen MR) is 88.0 cm³/mol. The van der Waals surface area contributed by atoms with Crippen molar-refractivity contribution in [3.63, 3.8) is 0 Å². The standard InChI is InChI=1S/C16H20Cl2FNO3/c1-16(2,3)23-15(22)6-4-5-14(21)20-9-10-7-11(17)12(18)8-13(10)19/h7-8H,4-6,9H2,1-3H3,(H,20,21). The quantitative estimate of drug-likeness (QED) is 0.606. The first-order valence-electron chi connectivity index (χ1n) is 7.20. The second kappa shape index (κ2) is 8.50. The van der Waals surface area contributed by atoms with Gasteiger partial charge in [0.25, 0.3) is 0 Å². The van der Waals surface area contributed by atoms with Crippen LogP contribution in [0.25, 0.3) is 0 Å². The average Bonchev–Trinajstić information content (AvgIpc) is 2.39. The number of nitrogens with one attached hydrogen (secondary N) is 1. The lowest BCUT2D eigenvalue weighted by Gasteiger charge is -2.19. The number of benzene rings is 1. The van der Waals surface area contributed by atoms with Crippen LogP contribution in [0.3, 0.4) is 0 Å². The van der Waals surface area contributed by atoms with Crippen molar-refractivity contribution in [3.05, 3.63) is 33.6 Å². The van der Waals surface area contributed by atoms with Gasteiger partial charge in [0, 0.05) is 24.9 Å². The molecule has 23 heavy (non-hydrogen) atoms. The Morgan fingerprint density at radius 3 is 2.39 bits per heavy atom. The Bertz CT molecular complexity index is 585. The first-order valence-corrected chi connectivity index (χ1v) is 7.96. The van der Waals surface area contributed by atoms with Crippen molar-refractivity contribution < 1.29 is 18.7 Å². The number of rotatable bonds is 6. The molecule has 0 spiro atoms. The molecule has 1 rings (SSSR count). The van der Waals surface area contributed by atoms with E-state index in [4.69, 9.17) is 27.9 Å². The Morgan fingerprint density at radius 1 is 1.17 bits per heavy atom. The van der Waals surface area contributed by atoms with Gasteiger partial charge in [-0.25, -0.2) is 4.39 Å². The first kappa shape index (κ1) is 19.7. The molecule has 0 aromatic heterocycles. The zero-order chi connectivity index (χ0) is 17.6. The maximum atomic E-state index is 13.6. The van der Waals surface area contributed by atoms with Crippen LogP contribution in [0.2, 0.25) is 10.0 Å². The molecule has 0 aliphatic carbocycles. The van der Waals surface area contributed by atoms with Gasteiger partial charge in [0.2, 0.25) is 5.91 Å². The Hall–Kier alpha value is -1.33. The van der Waals surface area contributed by atoms with E-state index in [9.17, 15) is 14.0 Å². The van der Waals surface area contributed by atoms with E-state index >= 15 is 0 Å². The number of carbonyl (C=O) groups excluding carboxylic acids is 2. The maximum absolute atomic E-state index is 13.6. The van der Waals surface area contributed by atoms with E-state index in [0.717, 1.165) is 6.07 Å². The van der Waals surface area contributed by atoms with Gasteiger partial charge in [-0.1, -0.05) is 23.2 Å². The van der Waals surface area contributed by atoms with Crippen LogP contribution in [-0.2, 0) is 20.9 Å².